The third-order valence-corrected chi connectivity index (χ3v) is 3.16. The van der Waals surface area contributed by atoms with Crippen molar-refractivity contribution in [1.29, 1.82) is 0 Å². The molecule has 0 aromatic heterocycles. The molecule has 2 atom stereocenters. The van der Waals surface area contributed by atoms with Crippen molar-refractivity contribution in [3.63, 3.8) is 0 Å². The fourth-order valence-electron chi connectivity index (χ4n) is 2.09. The molecule has 0 bridgehead atoms. The van der Waals surface area contributed by atoms with E-state index in [1.165, 1.54) is 7.11 Å². The highest BCUT2D eigenvalue weighted by Crippen LogP contribution is 2.09. The van der Waals surface area contributed by atoms with Crippen LogP contribution in [-0.4, -0.2) is 42.1 Å². The molecule has 0 saturated heterocycles. The van der Waals surface area contributed by atoms with Crippen LogP contribution < -0.4 is 0 Å². The Hall–Kier alpha value is -1.43. The van der Waals surface area contributed by atoms with Crippen LogP contribution >= 0.6 is 0 Å². The highest BCUT2D eigenvalue weighted by molar-refractivity contribution is 5.95. The smallest absolute Gasteiger partial charge is 0.313 e. The van der Waals surface area contributed by atoms with E-state index in [9.17, 15) is 14.4 Å². The molecule has 0 aromatic carbocycles. The summed E-state index contributed by atoms with van der Waals surface area (Å²) in [4.78, 5) is 34.0. The van der Waals surface area contributed by atoms with E-state index in [0.717, 1.165) is 19.3 Å². The lowest BCUT2D eigenvalue weighted by Gasteiger charge is -2.14. The zero-order chi connectivity index (χ0) is 17.0. The number of Topliss-reactive ketones (excluding diaryl/α,β-unsaturated/α-hetero) is 1. The monoisotopic (exact) mass is 316 g/mol. The Morgan fingerprint density at radius 1 is 0.955 bits per heavy atom. The highest BCUT2D eigenvalue weighted by Gasteiger charge is 2.15. The zero-order valence-corrected chi connectivity index (χ0v) is 13.8. The van der Waals surface area contributed by atoms with E-state index in [0.29, 0.717) is 25.7 Å². The second-order valence-electron chi connectivity index (χ2n) is 5.59. The van der Waals surface area contributed by atoms with Gasteiger partial charge in [-0.05, 0) is 26.7 Å². The van der Waals surface area contributed by atoms with E-state index in [2.05, 4.69) is 4.74 Å². The molecule has 128 valence electrons. The average Bonchev–Trinajstić information content (AvgIpc) is 2.40. The van der Waals surface area contributed by atoms with Crippen molar-refractivity contribution in [2.75, 3.05) is 7.11 Å². The van der Waals surface area contributed by atoms with Gasteiger partial charge < -0.3 is 14.6 Å². The molecule has 0 amide bonds. The molecule has 0 fully saturated rings. The third kappa shape index (κ3) is 12.3. The maximum absolute atomic E-state index is 11.6. The second-order valence-corrected chi connectivity index (χ2v) is 5.59. The highest BCUT2D eigenvalue weighted by atomic mass is 16.5. The van der Waals surface area contributed by atoms with Gasteiger partial charge in [0.1, 0.15) is 18.3 Å². The Balaban J connectivity index is 3.64. The fourth-order valence-corrected chi connectivity index (χ4v) is 2.09. The molecule has 0 rings (SSSR count). The lowest BCUT2D eigenvalue weighted by atomic mass is 10.1. The summed E-state index contributed by atoms with van der Waals surface area (Å²) in [6.45, 7) is 3.31. The van der Waals surface area contributed by atoms with Crippen LogP contribution in [0.5, 0.6) is 0 Å². The lowest BCUT2D eigenvalue weighted by Crippen LogP contribution is -2.21. The topological polar surface area (TPSA) is 89.9 Å². The van der Waals surface area contributed by atoms with Crippen LogP contribution in [0.15, 0.2) is 0 Å². The Kier molecular flexibility index (Phi) is 11.4. The quantitative estimate of drug-likeness (QED) is 0.337. The maximum Gasteiger partial charge on any atom is 0.313 e. The molecule has 0 heterocycles. The number of hydrogen-bond donors (Lipinski definition) is 1. The summed E-state index contributed by atoms with van der Waals surface area (Å²) in [7, 11) is 1.36. The fraction of sp³-hybridized carbons (Fsp3) is 0.812. The van der Waals surface area contributed by atoms with E-state index in [-0.39, 0.29) is 18.2 Å². The number of methoxy groups -OCH3 is 1. The molecule has 0 spiro atoms. The van der Waals surface area contributed by atoms with Crippen LogP contribution in [0, 0.1) is 0 Å². The third-order valence-electron chi connectivity index (χ3n) is 3.16. The number of ether oxygens (including phenoxy) is 2. The number of unbranched alkanes of at least 4 members (excludes halogenated alkanes) is 3. The molecular formula is C16H28O6. The molecule has 6 heteroatoms. The number of aliphatic hydroxyl groups excluding tert-OH is 1. The minimum absolute atomic E-state index is 0.137. The minimum Gasteiger partial charge on any atom is -0.469 e. The number of rotatable bonds is 12. The maximum atomic E-state index is 11.6. The van der Waals surface area contributed by atoms with Crippen molar-refractivity contribution in [2.24, 2.45) is 0 Å². The van der Waals surface area contributed by atoms with E-state index < -0.39 is 18.2 Å². The van der Waals surface area contributed by atoms with Crippen LogP contribution in [0.4, 0.5) is 0 Å². The molecule has 22 heavy (non-hydrogen) atoms. The summed E-state index contributed by atoms with van der Waals surface area (Å²) < 4.78 is 9.58. The van der Waals surface area contributed by atoms with Gasteiger partial charge >= 0.3 is 11.9 Å². The van der Waals surface area contributed by atoms with Gasteiger partial charge in [-0.15, -0.1) is 0 Å². The van der Waals surface area contributed by atoms with Gasteiger partial charge in [-0.2, -0.15) is 0 Å². The first-order valence-corrected chi connectivity index (χ1v) is 7.81. The van der Waals surface area contributed by atoms with Crippen molar-refractivity contribution < 1.29 is 29.0 Å². The van der Waals surface area contributed by atoms with Crippen molar-refractivity contribution in [1.82, 2.24) is 0 Å². The van der Waals surface area contributed by atoms with Crippen LogP contribution in [0.3, 0.4) is 0 Å². The van der Waals surface area contributed by atoms with Gasteiger partial charge in [0.15, 0.2) is 0 Å². The van der Waals surface area contributed by atoms with Gasteiger partial charge in [0.05, 0.1) is 13.2 Å². The van der Waals surface area contributed by atoms with E-state index in [4.69, 9.17) is 9.84 Å². The molecule has 0 unspecified atom stereocenters. The Bertz CT molecular complexity index is 351. The molecule has 0 aromatic rings. The van der Waals surface area contributed by atoms with Crippen LogP contribution in [0.2, 0.25) is 0 Å². The van der Waals surface area contributed by atoms with Gasteiger partial charge in [0.25, 0.3) is 0 Å². The van der Waals surface area contributed by atoms with E-state index in [1.54, 1.807) is 13.8 Å². The molecule has 0 radical (unpaired) electrons. The SMILES string of the molecule is COC(=O)CCCCCCC(=O)CC(=O)O[C@@H](C)C[C@H](C)O. The molecule has 0 saturated carbocycles. The molecule has 6 nitrogen and oxygen atoms in total. The number of aliphatic hydroxyl groups is 1. The number of hydrogen-bond acceptors (Lipinski definition) is 6. The van der Waals surface area contributed by atoms with Crippen LogP contribution in [-0.2, 0) is 23.9 Å². The predicted octanol–water partition coefficient (Wildman–Crippen LogP) is 2.16. The minimum atomic E-state index is -0.538. The number of carbonyl (C=O) groups excluding carboxylic acids is 3. The van der Waals surface area contributed by atoms with Gasteiger partial charge in [-0.3, -0.25) is 14.4 Å². The Labute approximate surface area is 132 Å². The molecule has 0 aliphatic carbocycles. The molecular weight excluding hydrogens is 288 g/mol. The van der Waals surface area contributed by atoms with Crippen molar-refractivity contribution in [3.8, 4) is 0 Å². The molecule has 0 aliphatic heterocycles. The van der Waals surface area contributed by atoms with Crippen molar-refractivity contribution >= 4 is 17.7 Å². The number of esters is 2. The van der Waals surface area contributed by atoms with Gasteiger partial charge in [-0.25, -0.2) is 0 Å². The first-order valence-electron chi connectivity index (χ1n) is 7.81. The number of carbonyl (C=O) groups is 3. The van der Waals surface area contributed by atoms with Crippen molar-refractivity contribution in [2.45, 2.75) is 77.4 Å². The van der Waals surface area contributed by atoms with Gasteiger partial charge in [0.2, 0.25) is 0 Å². The second kappa shape index (κ2) is 12.1. The lowest BCUT2D eigenvalue weighted by molar-refractivity contribution is -0.151. The van der Waals surface area contributed by atoms with Crippen LogP contribution in [0.1, 0.15) is 65.2 Å². The number of ketones is 1. The van der Waals surface area contributed by atoms with Gasteiger partial charge in [-0.1, -0.05) is 12.8 Å². The van der Waals surface area contributed by atoms with E-state index >= 15 is 0 Å². The Morgan fingerprint density at radius 3 is 2.09 bits per heavy atom. The summed E-state index contributed by atoms with van der Waals surface area (Å²) in [5.74, 6) is -0.892. The summed E-state index contributed by atoms with van der Waals surface area (Å²) in [6, 6.07) is 0. The summed E-state index contributed by atoms with van der Waals surface area (Å²) in [6.07, 6.45) is 3.12. The van der Waals surface area contributed by atoms with Crippen LogP contribution in [0.25, 0.3) is 0 Å². The van der Waals surface area contributed by atoms with Crippen molar-refractivity contribution in [3.05, 3.63) is 0 Å². The zero-order valence-electron chi connectivity index (χ0n) is 13.8. The standard InChI is InChI=1S/C16H28O6/c1-12(17)10-13(2)22-16(20)11-14(18)8-6-4-5-7-9-15(19)21-3/h12-13,17H,4-11H2,1-3H3/t12-,13-/m0/s1. The first kappa shape index (κ1) is 20.6. The Morgan fingerprint density at radius 2 is 1.55 bits per heavy atom. The van der Waals surface area contributed by atoms with E-state index in [1.807, 2.05) is 0 Å². The summed E-state index contributed by atoms with van der Waals surface area (Å²) in [5, 5.41) is 9.17. The largest absolute Gasteiger partial charge is 0.469 e. The summed E-state index contributed by atoms with van der Waals surface area (Å²) >= 11 is 0. The predicted molar refractivity (Wildman–Crippen MR) is 81.2 cm³/mol. The normalized spacial score (nSPS) is 13.3. The molecule has 1 N–H and O–H groups in total. The van der Waals surface area contributed by atoms with Gasteiger partial charge in [0, 0.05) is 19.3 Å². The first-order chi connectivity index (χ1) is 10.3. The molecule has 0 aliphatic rings. The summed E-state index contributed by atoms with van der Waals surface area (Å²) in [5.41, 5.74) is 0. The average molecular weight is 316 g/mol.